The summed E-state index contributed by atoms with van der Waals surface area (Å²) in [5, 5.41) is 2.69. The van der Waals surface area contributed by atoms with Gasteiger partial charge in [-0.1, -0.05) is 44.2 Å². The molecule has 1 N–H and O–H groups in total. The maximum Gasteiger partial charge on any atom is 0.248 e. The van der Waals surface area contributed by atoms with Gasteiger partial charge in [-0.25, -0.2) is 4.39 Å². The number of aryl methyl sites for hydroxylation is 1. The minimum Gasteiger partial charge on any atom is -0.322 e. The predicted molar refractivity (Wildman–Crippen MR) is 93.8 cm³/mol. The van der Waals surface area contributed by atoms with Gasteiger partial charge in [0.2, 0.25) is 5.91 Å². The van der Waals surface area contributed by atoms with Gasteiger partial charge in [0.25, 0.3) is 0 Å². The van der Waals surface area contributed by atoms with Crippen LogP contribution >= 0.6 is 0 Å². The Hall–Kier alpha value is -2.42. The van der Waals surface area contributed by atoms with E-state index in [9.17, 15) is 9.18 Å². The van der Waals surface area contributed by atoms with E-state index < -0.39 is 0 Å². The molecule has 0 aromatic heterocycles. The third-order valence-electron chi connectivity index (χ3n) is 3.51. The fourth-order valence-corrected chi connectivity index (χ4v) is 2.31. The van der Waals surface area contributed by atoms with E-state index in [1.54, 1.807) is 12.1 Å². The zero-order chi connectivity index (χ0) is 16.8. The molecule has 0 fully saturated rings. The van der Waals surface area contributed by atoms with Gasteiger partial charge in [0.15, 0.2) is 0 Å². The third kappa shape index (κ3) is 5.37. The molecule has 0 bridgehead atoms. The van der Waals surface area contributed by atoms with Crippen molar-refractivity contribution < 1.29 is 9.18 Å². The lowest BCUT2D eigenvalue weighted by Crippen LogP contribution is -2.09. The normalized spacial score (nSPS) is 11.2. The van der Waals surface area contributed by atoms with Crippen LogP contribution in [0.25, 0.3) is 6.08 Å². The number of amides is 1. The fraction of sp³-hybridized carbons (Fsp3) is 0.250. The highest BCUT2D eigenvalue weighted by Gasteiger charge is 2.03. The van der Waals surface area contributed by atoms with Crippen molar-refractivity contribution in [2.45, 2.75) is 27.2 Å². The van der Waals surface area contributed by atoms with Gasteiger partial charge in [-0.2, -0.15) is 0 Å². The Balaban J connectivity index is 1.99. The molecule has 0 unspecified atom stereocenters. The van der Waals surface area contributed by atoms with Crippen LogP contribution in [0.1, 0.15) is 30.5 Å². The molecule has 0 saturated heterocycles. The minimum atomic E-state index is -0.365. The second kappa shape index (κ2) is 7.73. The number of benzene rings is 2. The van der Waals surface area contributed by atoms with Crippen LogP contribution in [-0.4, -0.2) is 5.91 Å². The summed E-state index contributed by atoms with van der Waals surface area (Å²) >= 11 is 0. The molecule has 0 aliphatic heterocycles. The van der Waals surface area contributed by atoms with Crippen LogP contribution in [0.2, 0.25) is 0 Å². The summed E-state index contributed by atoms with van der Waals surface area (Å²) in [6.07, 6.45) is 4.26. The first-order chi connectivity index (χ1) is 10.9. The van der Waals surface area contributed by atoms with Crippen molar-refractivity contribution in [2.24, 2.45) is 5.92 Å². The number of anilines is 1. The second-order valence-electron chi connectivity index (χ2n) is 6.12. The van der Waals surface area contributed by atoms with E-state index >= 15 is 0 Å². The molecule has 2 rings (SSSR count). The summed E-state index contributed by atoms with van der Waals surface area (Å²) in [5.74, 6) is -0.0164. The number of hydrogen-bond donors (Lipinski definition) is 1. The molecule has 0 saturated carbocycles. The molecule has 0 heterocycles. The summed E-state index contributed by atoms with van der Waals surface area (Å²) < 4.78 is 13.2. The molecule has 2 aromatic carbocycles. The molecular weight excluding hydrogens is 289 g/mol. The van der Waals surface area contributed by atoms with Gasteiger partial charge >= 0.3 is 0 Å². The van der Waals surface area contributed by atoms with Crippen LogP contribution in [0.3, 0.4) is 0 Å². The highest BCUT2D eigenvalue weighted by Crippen LogP contribution is 2.16. The first kappa shape index (κ1) is 16.9. The van der Waals surface area contributed by atoms with E-state index in [-0.39, 0.29) is 11.7 Å². The average Bonchev–Trinajstić information content (AvgIpc) is 2.50. The van der Waals surface area contributed by atoms with Crippen molar-refractivity contribution in [3.05, 3.63) is 71.0 Å². The van der Waals surface area contributed by atoms with Gasteiger partial charge in [0.1, 0.15) is 5.82 Å². The predicted octanol–water partition coefficient (Wildman–Crippen LogP) is 4.98. The van der Waals surface area contributed by atoms with E-state index in [0.29, 0.717) is 11.6 Å². The van der Waals surface area contributed by atoms with Gasteiger partial charge in [0, 0.05) is 11.8 Å². The Morgan fingerprint density at radius 2 is 1.87 bits per heavy atom. The second-order valence-corrected chi connectivity index (χ2v) is 6.12. The van der Waals surface area contributed by atoms with E-state index in [2.05, 4.69) is 31.3 Å². The highest BCUT2D eigenvalue weighted by molar-refractivity contribution is 6.02. The van der Waals surface area contributed by atoms with E-state index in [1.807, 2.05) is 19.1 Å². The number of hydrogen-bond acceptors (Lipinski definition) is 1. The first-order valence-electron chi connectivity index (χ1n) is 7.78. The molecule has 0 atom stereocenters. The number of nitrogens with one attached hydrogen (secondary N) is 1. The van der Waals surface area contributed by atoms with Crippen LogP contribution in [0, 0.1) is 18.7 Å². The Morgan fingerprint density at radius 1 is 1.17 bits per heavy atom. The van der Waals surface area contributed by atoms with Crippen molar-refractivity contribution in [1.29, 1.82) is 0 Å². The van der Waals surface area contributed by atoms with Crippen molar-refractivity contribution in [3.63, 3.8) is 0 Å². The first-order valence-corrected chi connectivity index (χ1v) is 7.78. The molecule has 1 amide bonds. The lowest BCUT2D eigenvalue weighted by molar-refractivity contribution is -0.111. The molecule has 0 aliphatic carbocycles. The largest absolute Gasteiger partial charge is 0.322 e. The molecule has 0 radical (unpaired) electrons. The highest BCUT2D eigenvalue weighted by atomic mass is 19.1. The summed E-state index contributed by atoms with van der Waals surface area (Å²) in [5.41, 5.74) is 3.57. The molecule has 0 aliphatic rings. The molecular formula is C20H22FNO. The SMILES string of the molecule is Cc1ccc(F)cc1NC(=O)C=Cc1ccc(CC(C)C)cc1. The van der Waals surface area contributed by atoms with Gasteiger partial charge in [0.05, 0.1) is 0 Å². The molecule has 2 nitrogen and oxygen atoms in total. The lowest BCUT2D eigenvalue weighted by atomic mass is 10.0. The molecule has 0 spiro atoms. The van der Waals surface area contributed by atoms with Crippen molar-refractivity contribution in [1.82, 2.24) is 0 Å². The van der Waals surface area contributed by atoms with E-state index in [0.717, 1.165) is 17.5 Å². The topological polar surface area (TPSA) is 29.1 Å². The van der Waals surface area contributed by atoms with Gasteiger partial charge in [-0.05, 0) is 54.2 Å². The van der Waals surface area contributed by atoms with Crippen LogP contribution < -0.4 is 5.32 Å². The number of carbonyl (C=O) groups is 1. The summed E-state index contributed by atoms with van der Waals surface area (Å²) in [6.45, 7) is 6.20. The Labute approximate surface area is 137 Å². The Kier molecular flexibility index (Phi) is 5.69. The van der Waals surface area contributed by atoms with Crippen molar-refractivity contribution in [2.75, 3.05) is 5.32 Å². The maximum atomic E-state index is 13.2. The summed E-state index contributed by atoms with van der Waals surface area (Å²) in [7, 11) is 0. The summed E-state index contributed by atoms with van der Waals surface area (Å²) in [6, 6.07) is 12.5. The van der Waals surface area contributed by atoms with Crippen LogP contribution in [0.5, 0.6) is 0 Å². The Morgan fingerprint density at radius 3 is 2.52 bits per heavy atom. The van der Waals surface area contributed by atoms with Gasteiger partial charge < -0.3 is 5.32 Å². The summed E-state index contributed by atoms with van der Waals surface area (Å²) in [4.78, 5) is 11.9. The molecule has 3 heteroatoms. The Bertz CT molecular complexity index is 702. The van der Waals surface area contributed by atoms with Crippen molar-refractivity contribution >= 4 is 17.7 Å². The minimum absolute atomic E-state index is 0.273. The number of halogens is 1. The smallest absolute Gasteiger partial charge is 0.248 e. The van der Waals surface area contributed by atoms with Crippen molar-refractivity contribution in [3.8, 4) is 0 Å². The van der Waals surface area contributed by atoms with E-state index in [1.165, 1.54) is 23.8 Å². The monoisotopic (exact) mass is 311 g/mol. The zero-order valence-electron chi connectivity index (χ0n) is 13.8. The standard InChI is InChI=1S/C20H22FNO/c1-14(2)12-17-7-5-16(6-8-17)9-11-20(23)22-19-13-18(21)10-4-15(19)3/h4-11,13-14H,12H2,1-3H3,(H,22,23). The fourth-order valence-electron chi connectivity index (χ4n) is 2.31. The van der Waals surface area contributed by atoms with E-state index in [4.69, 9.17) is 0 Å². The third-order valence-corrected chi connectivity index (χ3v) is 3.51. The zero-order valence-corrected chi connectivity index (χ0v) is 13.8. The maximum absolute atomic E-state index is 13.2. The molecule has 23 heavy (non-hydrogen) atoms. The molecule has 120 valence electrons. The lowest BCUT2D eigenvalue weighted by Gasteiger charge is -2.06. The number of rotatable bonds is 5. The van der Waals surface area contributed by atoms with Gasteiger partial charge in [-0.3, -0.25) is 4.79 Å². The quantitative estimate of drug-likeness (QED) is 0.775. The average molecular weight is 311 g/mol. The van der Waals surface area contributed by atoms with Crippen LogP contribution in [0.15, 0.2) is 48.5 Å². The number of carbonyl (C=O) groups excluding carboxylic acids is 1. The molecule has 2 aromatic rings. The van der Waals surface area contributed by atoms with Crippen LogP contribution in [-0.2, 0) is 11.2 Å². The van der Waals surface area contributed by atoms with Crippen LogP contribution in [0.4, 0.5) is 10.1 Å². The van der Waals surface area contributed by atoms with Gasteiger partial charge in [-0.15, -0.1) is 0 Å².